The molecule has 1 N–H and O–H groups in total. The van der Waals surface area contributed by atoms with E-state index in [1.165, 1.54) is 37.6 Å². The molecule has 0 radical (unpaired) electrons. The first-order valence-electron chi connectivity index (χ1n) is 6.67. The summed E-state index contributed by atoms with van der Waals surface area (Å²) < 4.78 is 0. The molecule has 2 unspecified atom stereocenters. The highest BCUT2D eigenvalue weighted by molar-refractivity contribution is 6.36. The molecule has 0 aliphatic carbocycles. The molecule has 2 atom stereocenters. The van der Waals surface area contributed by atoms with Gasteiger partial charge in [-0.25, -0.2) is 0 Å². The van der Waals surface area contributed by atoms with Crippen molar-refractivity contribution in [1.82, 2.24) is 10.2 Å². The first-order valence-corrected chi connectivity index (χ1v) is 7.49. The summed E-state index contributed by atoms with van der Waals surface area (Å²) >= 11 is 11.7. The van der Waals surface area contributed by atoms with Gasteiger partial charge in [-0.2, -0.15) is 0 Å². The maximum Gasteiger partial charge on any atom is 0.0434 e. The molecule has 0 saturated carbocycles. The number of nitrogens with one attached hydrogen (secondary N) is 1. The average molecular weight is 277 g/mol. The normalized spacial score (nSPS) is 33.4. The topological polar surface area (TPSA) is 15.3 Å². The van der Waals surface area contributed by atoms with Crippen LogP contribution in [0.1, 0.15) is 39.0 Å². The first kappa shape index (κ1) is 13.7. The Morgan fingerprint density at radius 3 is 2.53 bits per heavy atom. The molecule has 2 aliphatic heterocycles. The molecule has 17 heavy (non-hydrogen) atoms. The maximum atomic E-state index is 6.08. The van der Waals surface area contributed by atoms with Gasteiger partial charge >= 0.3 is 0 Å². The van der Waals surface area contributed by atoms with Crippen LogP contribution in [0.15, 0.2) is 10.6 Å². The van der Waals surface area contributed by atoms with Gasteiger partial charge in [-0.1, -0.05) is 30.1 Å². The second-order valence-corrected chi connectivity index (χ2v) is 5.99. The van der Waals surface area contributed by atoms with E-state index in [1.807, 2.05) is 0 Å². The minimum absolute atomic E-state index is 0.680. The Morgan fingerprint density at radius 1 is 1.35 bits per heavy atom. The highest BCUT2D eigenvalue weighted by Crippen LogP contribution is 2.30. The van der Waals surface area contributed by atoms with Gasteiger partial charge in [0.2, 0.25) is 0 Å². The van der Waals surface area contributed by atoms with Crippen LogP contribution in [0.4, 0.5) is 0 Å². The number of rotatable bonds is 5. The Balaban J connectivity index is 1.95. The molecule has 2 fully saturated rings. The number of nitrogens with zero attached hydrogens (tertiary/aromatic N) is 1. The Labute approximate surface area is 114 Å². The molecule has 0 aromatic heterocycles. The van der Waals surface area contributed by atoms with Gasteiger partial charge in [0.25, 0.3) is 0 Å². The monoisotopic (exact) mass is 276 g/mol. The van der Waals surface area contributed by atoms with Gasteiger partial charge in [-0.05, 0) is 38.6 Å². The van der Waals surface area contributed by atoms with Crippen molar-refractivity contribution in [1.29, 1.82) is 0 Å². The fraction of sp³-hybridized carbons (Fsp3) is 0.846. The van der Waals surface area contributed by atoms with E-state index in [9.17, 15) is 0 Å². The predicted octanol–water partition coefficient (Wildman–Crippen LogP) is 3.30. The van der Waals surface area contributed by atoms with Crippen LogP contribution < -0.4 is 5.32 Å². The molecular formula is C13H22Cl2N2. The Morgan fingerprint density at radius 2 is 2.00 bits per heavy atom. The van der Waals surface area contributed by atoms with Crippen LogP contribution in [-0.2, 0) is 0 Å². The minimum Gasteiger partial charge on any atom is -0.311 e. The minimum atomic E-state index is 0.680. The summed E-state index contributed by atoms with van der Waals surface area (Å²) in [7, 11) is 0. The average Bonchev–Trinajstić information content (AvgIpc) is 2.67. The van der Waals surface area contributed by atoms with Crippen molar-refractivity contribution in [2.75, 3.05) is 13.1 Å². The fourth-order valence-corrected chi connectivity index (χ4v) is 3.45. The van der Waals surface area contributed by atoms with Crippen LogP contribution in [0.25, 0.3) is 0 Å². The summed E-state index contributed by atoms with van der Waals surface area (Å²) in [5.74, 6) is 0. The summed E-state index contributed by atoms with van der Waals surface area (Å²) in [5.41, 5.74) is 1.50. The van der Waals surface area contributed by atoms with Gasteiger partial charge < -0.3 is 5.32 Å². The van der Waals surface area contributed by atoms with Crippen molar-refractivity contribution in [3.8, 4) is 0 Å². The van der Waals surface area contributed by atoms with E-state index in [0.717, 1.165) is 30.2 Å². The smallest absolute Gasteiger partial charge is 0.0434 e. The lowest BCUT2D eigenvalue weighted by Crippen LogP contribution is -2.48. The second kappa shape index (κ2) is 6.42. The summed E-state index contributed by atoms with van der Waals surface area (Å²) in [5, 5.41) is 4.44. The SMILES string of the molecule is CCCN(CC(Cl)=CCl)C1CC2CCC(C1)N2. The second-order valence-electron chi connectivity index (χ2n) is 5.29. The van der Waals surface area contributed by atoms with Gasteiger partial charge in [0.15, 0.2) is 0 Å². The molecule has 2 bridgehead atoms. The van der Waals surface area contributed by atoms with E-state index in [4.69, 9.17) is 23.2 Å². The van der Waals surface area contributed by atoms with Gasteiger partial charge in [-0.3, -0.25) is 4.90 Å². The van der Waals surface area contributed by atoms with Crippen molar-refractivity contribution in [2.45, 2.75) is 57.2 Å². The largest absolute Gasteiger partial charge is 0.311 e. The molecule has 2 saturated heterocycles. The quantitative estimate of drug-likeness (QED) is 0.829. The van der Waals surface area contributed by atoms with Gasteiger partial charge in [0.1, 0.15) is 0 Å². The van der Waals surface area contributed by atoms with E-state index in [2.05, 4.69) is 17.1 Å². The lowest BCUT2D eigenvalue weighted by Gasteiger charge is -2.37. The van der Waals surface area contributed by atoms with Crippen LogP contribution in [0.2, 0.25) is 0 Å². The summed E-state index contributed by atoms with van der Waals surface area (Å²) in [6, 6.07) is 2.15. The Kier molecular flexibility index (Phi) is 5.16. The van der Waals surface area contributed by atoms with E-state index in [-0.39, 0.29) is 0 Å². The van der Waals surface area contributed by atoms with Crippen molar-refractivity contribution in [3.63, 3.8) is 0 Å². The van der Waals surface area contributed by atoms with Crippen molar-refractivity contribution in [3.05, 3.63) is 10.6 Å². The molecule has 2 heterocycles. The van der Waals surface area contributed by atoms with Crippen LogP contribution in [0.5, 0.6) is 0 Å². The number of hydrogen-bond donors (Lipinski definition) is 1. The third-order valence-corrected chi connectivity index (χ3v) is 4.55. The molecule has 4 heteroatoms. The summed E-state index contributed by atoms with van der Waals surface area (Å²) in [4.78, 5) is 2.51. The first-order chi connectivity index (χ1) is 8.22. The van der Waals surface area contributed by atoms with Crippen LogP contribution in [0.3, 0.4) is 0 Å². The third kappa shape index (κ3) is 3.60. The van der Waals surface area contributed by atoms with E-state index in [0.29, 0.717) is 6.04 Å². The van der Waals surface area contributed by atoms with E-state index in [1.54, 1.807) is 0 Å². The summed E-state index contributed by atoms with van der Waals surface area (Å²) in [6.45, 7) is 4.15. The van der Waals surface area contributed by atoms with Gasteiger partial charge in [-0.15, -0.1) is 0 Å². The van der Waals surface area contributed by atoms with Gasteiger partial charge in [0, 0.05) is 35.2 Å². The molecule has 0 aromatic rings. The predicted molar refractivity (Wildman–Crippen MR) is 74.6 cm³/mol. The molecule has 2 nitrogen and oxygen atoms in total. The Hall–Kier alpha value is 0.240. The standard InChI is InChI=1S/C13H22Cl2N2/c1-2-5-17(9-10(15)8-14)13-6-11-3-4-12(7-13)16-11/h8,11-13,16H,2-7,9H2,1H3. The molecular weight excluding hydrogens is 255 g/mol. The number of hydrogen-bond acceptors (Lipinski definition) is 2. The van der Waals surface area contributed by atoms with Crippen molar-refractivity contribution < 1.29 is 0 Å². The summed E-state index contributed by atoms with van der Waals surface area (Å²) in [6.07, 6.45) is 6.40. The van der Waals surface area contributed by atoms with Crippen molar-refractivity contribution >= 4 is 23.2 Å². The van der Waals surface area contributed by atoms with E-state index < -0.39 is 0 Å². The maximum absolute atomic E-state index is 6.08. The molecule has 0 amide bonds. The lowest BCUT2D eigenvalue weighted by atomic mass is 9.98. The zero-order valence-corrected chi connectivity index (χ0v) is 12.0. The molecule has 98 valence electrons. The zero-order valence-electron chi connectivity index (χ0n) is 10.5. The van der Waals surface area contributed by atoms with Crippen LogP contribution in [-0.4, -0.2) is 36.1 Å². The van der Waals surface area contributed by atoms with Gasteiger partial charge in [0.05, 0.1) is 0 Å². The number of fused-ring (bicyclic) bond motifs is 2. The van der Waals surface area contributed by atoms with Crippen molar-refractivity contribution in [2.24, 2.45) is 0 Å². The molecule has 2 rings (SSSR count). The third-order valence-electron chi connectivity index (χ3n) is 3.95. The Bertz CT molecular complexity index is 269. The fourth-order valence-electron chi connectivity index (χ4n) is 3.23. The number of piperidine rings is 1. The van der Waals surface area contributed by atoms with Crippen LogP contribution in [0, 0.1) is 0 Å². The highest BCUT2D eigenvalue weighted by Gasteiger charge is 2.35. The molecule has 2 aliphatic rings. The van der Waals surface area contributed by atoms with E-state index >= 15 is 0 Å². The number of halogens is 2. The molecule has 0 aromatic carbocycles. The zero-order chi connectivity index (χ0) is 12.3. The lowest BCUT2D eigenvalue weighted by molar-refractivity contribution is 0.154. The molecule has 0 spiro atoms. The van der Waals surface area contributed by atoms with Crippen LogP contribution >= 0.6 is 23.2 Å². The highest BCUT2D eigenvalue weighted by atomic mass is 35.5.